The van der Waals surface area contributed by atoms with E-state index in [0.717, 1.165) is 6.08 Å². The molecule has 0 unspecified atom stereocenters. The van der Waals surface area contributed by atoms with E-state index in [2.05, 4.69) is 10.3 Å². The van der Waals surface area contributed by atoms with E-state index in [-0.39, 0.29) is 22.8 Å². The second-order valence-electron chi connectivity index (χ2n) is 7.41. The van der Waals surface area contributed by atoms with E-state index in [9.17, 15) is 19.2 Å². The average Bonchev–Trinajstić information content (AvgIpc) is 2.86. The second-order valence-corrected chi connectivity index (χ2v) is 7.41. The summed E-state index contributed by atoms with van der Waals surface area (Å²) < 4.78 is 26.3. The van der Waals surface area contributed by atoms with Crippen molar-refractivity contribution < 1.29 is 18.7 Å². The first-order valence-corrected chi connectivity index (χ1v) is 10.4. The monoisotopic (exact) mass is 470 g/mol. The van der Waals surface area contributed by atoms with Gasteiger partial charge in [0.2, 0.25) is 5.88 Å². The molecule has 0 fully saturated rings. The SMILES string of the molecule is COc1ccc(NC(=O)C(C#N)=Cc2c(Oc3ccccc3F)nc3c(C)cccn3c2=O)cc1. The molecule has 1 N–H and O–H groups in total. The number of ether oxygens (including phenoxy) is 2. The molecule has 0 aliphatic heterocycles. The van der Waals surface area contributed by atoms with E-state index in [1.165, 1.54) is 35.9 Å². The lowest BCUT2D eigenvalue weighted by Crippen LogP contribution is -2.20. The van der Waals surface area contributed by atoms with Gasteiger partial charge in [-0.15, -0.1) is 0 Å². The number of halogens is 1. The van der Waals surface area contributed by atoms with Crippen molar-refractivity contribution in [1.29, 1.82) is 5.26 Å². The number of hydrogen-bond donors (Lipinski definition) is 1. The van der Waals surface area contributed by atoms with Crippen LogP contribution in [0.2, 0.25) is 0 Å². The zero-order valence-electron chi connectivity index (χ0n) is 18.8. The zero-order valence-corrected chi connectivity index (χ0v) is 18.8. The molecule has 35 heavy (non-hydrogen) atoms. The Kier molecular flexibility index (Phi) is 6.55. The number of aromatic nitrogens is 2. The van der Waals surface area contributed by atoms with Crippen molar-refractivity contribution in [2.24, 2.45) is 0 Å². The Bertz CT molecular complexity index is 1550. The lowest BCUT2D eigenvalue weighted by molar-refractivity contribution is -0.112. The first-order valence-electron chi connectivity index (χ1n) is 10.4. The van der Waals surface area contributed by atoms with Gasteiger partial charge in [-0.3, -0.25) is 14.0 Å². The van der Waals surface area contributed by atoms with E-state index in [0.29, 0.717) is 22.6 Å². The Labute approximate surface area is 199 Å². The first kappa shape index (κ1) is 23.2. The number of hydrogen-bond acceptors (Lipinski definition) is 6. The van der Waals surface area contributed by atoms with Crippen LogP contribution in [0.4, 0.5) is 10.1 Å². The number of aryl methyl sites for hydroxylation is 1. The quantitative estimate of drug-likeness (QED) is 0.329. The van der Waals surface area contributed by atoms with Gasteiger partial charge in [-0.25, -0.2) is 4.39 Å². The lowest BCUT2D eigenvalue weighted by Gasteiger charge is -2.12. The summed E-state index contributed by atoms with van der Waals surface area (Å²) in [7, 11) is 1.52. The fourth-order valence-corrected chi connectivity index (χ4v) is 3.29. The van der Waals surface area contributed by atoms with E-state index in [1.807, 2.05) is 0 Å². The minimum absolute atomic E-state index is 0.159. The molecule has 0 bridgehead atoms. The minimum Gasteiger partial charge on any atom is -0.497 e. The number of carbonyl (C=O) groups excluding carboxylic acids is 1. The smallest absolute Gasteiger partial charge is 0.269 e. The van der Waals surface area contributed by atoms with Gasteiger partial charge in [0.1, 0.15) is 28.6 Å². The van der Waals surface area contributed by atoms with Crippen LogP contribution >= 0.6 is 0 Å². The summed E-state index contributed by atoms with van der Waals surface area (Å²) in [6.07, 6.45) is 2.59. The minimum atomic E-state index is -0.747. The van der Waals surface area contributed by atoms with Gasteiger partial charge in [-0.2, -0.15) is 10.2 Å². The fourth-order valence-electron chi connectivity index (χ4n) is 3.29. The maximum Gasteiger partial charge on any atom is 0.269 e. The Morgan fingerprint density at radius 2 is 1.89 bits per heavy atom. The van der Waals surface area contributed by atoms with Gasteiger partial charge >= 0.3 is 0 Å². The van der Waals surface area contributed by atoms with Crippen LogP contribution in [0.1, 0.15) is 11.1 Å². The molecular weight excluding hydrogens is 451 g/mol. The maximum atomic E-state index is 14.3. The molecule has 0 aliphatic carbocycles. The molecular formula is C26H19FN4O4. The van der Waals surface area contributed by atoms with Gasteiger partial charge in [-0.05, 0) is 61.0 Å². The highest BCUT2D eigenvalue weighted by Crippen LogP contribution is 2.27. The Morgan fingerprint density at radius 1 is 1.14 bits per heavy atom. The number of methoxy groups -OCH3 is 1. The Balaban J connectivity index is 1.81. The van der Waals surface area contributed by atoms with Crippen LogP contribution in [0.5, 0.6) is 17.4 Å². The van der Waals surface area contributed by atoms with E-state index < -0.39 is 17.3 Å². The first-order chi connectivity index (χ1) is 16.9. The number of para-hydroxylation sites is 1. The van der Waals surface area contributed by atoms with Gasteiger partial charge in [-0.1, -0.05) is 18.2 Å². The van der Waals surface area contributed by atoms with Crippen molar-refractivity contribution in [1.82, 2.24) is 9.38 Å². The Hall–Kier alpha value is -4.97. The predicted octanol–water partition coefficient (Wildman–Crippen LogP) is 4.49. The summed E-state index contributed by atoms with van der Waals surface area (Å²) in [4.78, 5) is 30.5. The number of carbonyl (C=O) groups is 1. The number of fused-ring (bicyclic) bond motifs is 1. The second kappa shape index (κ2) is 9.89. The number of rotatable bonds is 6. The van der Waals surface area contributed by atoms with Crippen LogP contribution in [0.25, 0.3) is 11.7 Å². The number of nitriles is 1. The highest BCUT2D eigenvalue weighted by molar-refractivity contribution is 6.09. The van der Waals surface area contributed by atoms with Crippen molar-refractivity contribution in [3.05, 3.63) is 99.7 Å². The highest BCUT2D eigenvalue weighted by Gasteiger charge is 2.19. The standard InChI is InChI=1S/C26H19FN4O4/c1-16-6-5-13-31-23(16)30-25(35-22-8-4-3-7-21(22)27)20(26(31)33)14-17(15-28)24(32)29-18-9-11-19(34-2)12-10-18/h3-14H,1-2H3,(H,29,32). The Morgan fingerprint density at radius 3 is 2.57 bits per heavy atom. The summed E-state index contributed by atoms with van der Waals surface area (Å²) in [6, 6.07) is 17.4. The molecule has 174 valence electrons. The van der Waals surface area contributed by atoms with E-state index >= 15 is 0 Å². The van der Waals surface area contributed by atoms with E-state index in [4.69, 9.17) is 9.47 Å². The van der Waals surface area contributed by atoms with Gasteiger partial charge in [0.25, 0.3) is 11.5 Å². The summed E-state index contributed by atoms with van der Waals surface area (Å²) in [5.41, 5.74) is 0.251. The molecule has 0 atom stereocenters. The van der Waals surface area contributed by atoms with Crippen LogP contribution in [-0.2, 0) is 4.79 Å². The van der Waals surface area contributed by atoms with Gasteiger partial charge in [0.05, 0.1) is 7.11 Å². The van der Waals surface area contributed by atoms with Crippen LogP contribution in [-0.4, -0.2) is 22.4 Å². The molecule has 0 spiro atoms. The number of benzene rings is 2. The third kappa shape index (κ3) is 4.86. The number of pyridine rings is 1. The van der Waals surface area contributed by atoms with Crippen molar-refractivity contribution >= 4 is 23.3 Å². The van der Waals surface area contributed by atoms with Gasteiger partial charge in [0, 0.05) is 11.9 Å². The molecule has 0 saturated heterocycles. The van der Waals surface area contributed by atoms with Crippen molar-refractivity contribution in [3.8, 4) is 23.4 Å². The summed E-state index contributed by atoms with van der Waals surface area (Å²) in [5, 5.41) is 12.3. The molecule has 0 radical (unpaired) electrons. The topological polar surface area (TPSA) is 106 Å². The summed E-state index contributed by atoms with van der Waals surface area (Å²) in [5.74, 6) is -1.21. The zero-order chi connectivity index (χ0) is 24.9. The van der Waals surface area contributed by atoms with Crippen LogP contribution < -0.4 is 20.3 Å². The van der Waals surface area contributed by atoms with Crippen molar-refractivity contribution in [2.45, 2.75) is 6.92 Å². The maximum absolute atomic E-state index is 14.3. The molecule has 2 aromatic carbocycles. The molecule has 2 heterocycles. The molecule has 0 aliphatic rings. The predicted molar refractivity (Wildman–Crippen MR) is 128 cm³/mol. The van der Waals surface area contributed by atoms with Gasteiger partial charge in [0.15, 0.2) is 11.6 Å². The summed E-state index contributed by atoms with van der Waals surface area (Å²) >= 11 is 0. The third-order valence-electron chi connectivity index (χ3n) is 5.09. The lowest BCUT2D eigenvalue weighted by atomic mass is 10.1. The van der Waals surface area contributed by atoms with Gasteiger partial charge < -0.3 is 14.8 Å². The van der Waals surface area contributed by atoms with Crippen LogP contribution in [0.3, 0.4) is 0 Å². The van der Waals surface area contributed by atoms with Crippen molar-refractivity contribution in [2.75, 3.05) is 12.4 Å². The van der Waals surface area contributed by atoms with Crippen LogP contribution in [0.15, 0.2) is 77.2 Å². The highest BCUT2D eigenvalue weighted by atomic mass is 19.1. The number of amides is 1. The molecule has 1 amide bonds. The normalized spacial score (nSPS) is 11.1. The van der Waals surface area contributed by atoms with E-state index in [1.54, 1.807) is 55.5 Å². The largest absolute Gasteiger partial charge is 0.497 e. The molecule has 2 aromatic heterocycles. The number of nitrogens with zero attached hydrogens (tertiary/aromatic N) is 3. The fraction of sp³-hybridized carbons (Fsp3) is 0.0769. The van der Waals surface area contributed by atoms with Crippen molar-refractivity contribution in [3.63, 3.8) is 0 Å². The van der Waals surface area contributed by atoms with Crippen LogP contribution in [0, 0.1) is 24.1 Å². The molecule has 9 heteroatoms. The number of nitrogens with one attached hydrogen (secondary N) is 1. The number of anilines is 1. The molecule has 0 saturated carbocycles. The third-order valence-corrected chi connectivity index (χ3v) is 5.09. The summed E-state index contributed by atoms with van der Waals surface area (Å²) in [6.45, 7) is 1.76. The molecule has 8 nitrogen and oxygen atoms in total. The molecule has 4 aromatic rings. The average molecular weight is 470 g/mol. The molecule has 4 rings (SSSR count).